The van der Waals surface area contributed by atoms with Crippen LogP contribution in [0.5, 0.6) is 5.75 Å². The quantitative estimate of drug-likeness (QED) is 0.252. The Hall–Kier alpha value is -2.75. The molecule has 3 aromatic rings. The molecule has 1 aromatic heterocycles. The second-order valence-electron chi connectivity index (χ2n) is 8.94. The first-order valence-electron chi connectivity index (χ1n) is 11.8. The highest BCUT2D eigenvalue weighted by atomic mass is 16.5. The molecule has 2 aromatic carbocycles. The highest BCUT2D eigenvalue weighted by molar-refractivity contribution is 5.87. The molecule has 8 nitrogen and oxygen atoms in total. The Morgan fingerprint density at radius 1 is 1.06 bits per heavy atom. The van der Waals surface area contributed by atoms with E-state index >= 15 is 0 Å². The number of aliphatic hydroxyl groups is 2. The first kappa shape index (κ1) is 24.4. The Bertz CT molecular complexity index is 1130. The molecule has 0 saturated carbocycles. The molecule has 1 aliphatic heterocycles. The van der Waals surface area contributed by atoms with Gasteiger partial charge in [-0.05, 0) is 55.6 Å². The molecule has 6 N–H and O–H groups in total. The fourth-order valence-electron chi connectivity index (χ4n) is 4.65. The Labute approximate surface area is 198 Å². The molecule has 0 spiro atoms. The number of hydrogen-bond donors (Lipinski definition) is 6. The van der Waals surface area contributed by atoms with E-state index < -0.39 is 11.7 Å². The number of hydrogen-bond acceptors (Lipinski definition) is 7. The van der Waals surface area contributed by atoms with Crippen molar-refractivity contribution in [2.24, 2.45) is 0 Å². The number of phenols is 1. The SMILES string of the molecule is O=c1ccc2c(C(O)CNC(CCOCc3ccccc3)C3(O)CCNCC3)ccc(O)c2[nH]1. The molecule has 0 amide bonds. The predicted octanol–water partition coefficient (Wildman–Crippen LogP) is 1.95. The van der Waals surface area contributed by atoms with Crippen molar-refractivity contribution in [2.45, 2.75) is 43.6 Å². The van der Waals surface area contributed by atoms with Crippen molar-refractivity contribution in [1.82, 2.24) is 15.6 Å². The number of aliphatic hydroxyl groups excluding tert-OH is 1. The molecule has 182 valence electrons. The number of nitrogens with one attached hydrogen (secondary N) is 3. The Morgan fingerprint density at radius 3 is 2.59 bits per heavy atom. The van der Waals surface area contributed by atoms with Crippen molar-refractivity contribution in [3.8, 4) is 5.75 Å². The van der Waals surface area contributed by atoms with Crippen LogP contribution < -0.4 is 16.2 Å². The van der Waals surface area contributed by atoms with Gasteiger partial charge in [0.05, 0.1) is 23.8 Å². The number of ether oxygens (including phenoxy) is 1. The van der Waals surface area contributed by atoms with Gasteiger partial charge < -0.3 is 35.7 Å². The number of rotatable bonds is 10. The summed E-state index contributed by atoms with van der Waals surface area (Å²) in [7, 11) is 0. The lowest BCUT2D eigenvalue weighted by atomic mass is 9.83. The van der Waals surface area contributed by atoms with E-state index in [-0.39, 0.29) is 23.9 Å². The maximum absolute atomic E-state index is 11.7. The zero-order valence-corrected chi connectivity index (χ0v) is 19.2. The second kappa shape index (κ2) is 11.1. The van der Waals surface area contributed by atoms with Gasteiger partial charge in [0.15, 0.2) is 0 Å². The summed E-state index contributed by atoms with van der Waals surface area (Å²) in [4.78, 5) is 14.3. The van der Waals surface area contributed by atoms with E-state index in [0.29, 0.717) is 48.9 Å². The molecule has 0 aliphatic carbocycles. The lowest BCUT2D eigenvalue weighted by Gasteiger charge is -2.40. The number of pyridine rings is 1. The number of aromatic hydroxyl groups is 1. The van der Waals surface area contributed by atoms with Gasteiger partial charge in [0.2, 0.25) is 5.56 Å². The molecule has 8 heteroatoms. The van der Waals surface area contributed by atoms with Crippen LogP contribution in [-0.4, -0.2) is 58.2 Å². The van der Waals surface area contributed by atoms with E-state index in [0.717, 1.165) is 18.7 Å². The smallest absolute Gasteiger partial charge is 0.248 e. The van der Waals surface area contributed by atoms with Gasteiger partial charge >= 0.3 is 0 Å². The van der Waals surface area contributed by atoms with Crippen LogP contribution in [0.4, 0.5) is 0 Å². The number of aromatic amines is 1. The highest BCUT2D eigenvalue weighted by Crippen LogP contribution is 2.29. The number of piperidine rings is 1. The first-order chi connectivity index (χ1) is 16.5. The van der Waals surface area contributed by atoms with Gasteiger partial charge in [-0.1, -0.05) is 36.4 Å². The molecular weight excluding hydrogens is 434 g/mol. The molecule has 2 atom stereocenters. The van der Waals surface area contributed by atoms with Gasteiger partial charge in [-0.3, -0.25) is 4.79 Å². The van der Waals surface area contributed by atoms with Crippen molar-refractivity contribution >= 4 is 10.9 Å². The zero-order chi connectivity index (χ0) is 24.0. The Balaban J connectivity index is 1.43. The number of fused-ring (bicyclic) bond motifs is 1. The lowest BCUT2D eigenvalue weighted by molar-refractivity contribution is -0.0383. The van der Waals surface area contributed by atoms with Crippen molar-refractivity contribution in [2.75, 3.05) is 26.2 Å². The number of aromatic nitrogens is 1. The second-order valence-corrected chi connectivity index (χ2v) is 8.94. The van der Waals surface area contributed by atoms with Crippen LogP contribution in [0, 0.1) is 0 Å². The predicted molar refractivity (Wildman–Crippen MR) is 131 cm³/mol. The minimum absolute atomic E-state index is 0.0472. The number of phenolic OH excluding ortho intramolecular Hbond substituents is 1. The average molecular weight is 468 g/mol. The summed E-state index contributed by atoms with van der Waals surface area (Å²) in [6.07, 6.45) is 0.929. The number of H-pyrrole nitrogens is 1. The van der Waals surface area contributed by atoms with Crippen molar-refractivity contribution in [3.05, 3.63) is 76.1 Å². The highest BCUT2D eigenvalue weighted by Gasteiger charge is 2.37. The monoisotopic (exact) mass is 467 g/mol. The van der Waals surface area contributed by atoms with E-state index in [9.17, 15) is 20.1 Å². The minimum atomic E-state index is -0.899. The van der Waals surface area contributed by atoms with Gasteiger partial charge in [-0.25, -0.2) is 0 Å². The normalized spacial score (nSPS) is 17.5. The molecule has 2 unspecified atom stereocenters. The average Bonchev–Trinajstić information content (AvgIpc) is 2.85. The summed E-state index contributed by atoms with van der Waals surface area (Å²) in [5.74, 6) is -0.0472. The number of benzene rings is 2. The summed E-state index contributed by atoms with van der Waals surface area (Å²) in [6.45, 7) is 2.66. The van der Waals surface area contributed by atoms with Gasteiger partial charge in [0.25, 0.3) is 0 Å². The molecule has 1 saturated heterocycles. The Morgan fingerprint density at radius 2 is 1.82 bits per heavy atom. The summed E-state index contributed by atoms with van der Waals surface area (Å²) in [6, 6.07) is 15.8. The maximum Gasteiger partial charge on any atom is 0.248 e. The Kier molecular flexibility index (Phi) is 7.97. The van der Waals surface area contributed by atoms with E-state index in [1.165, 1.54) is 12.1 Å². The first-order valence-corrected chi connectivity index (χ1v) is 11.8. The molecule has 4 rings (SSSR count). The van der Waals surface area contributed by atoms with Gasteiger partial charge in [-0.15, -0.1) is 0 Å². The van der Waals surface area contributed by atoms with Gasteiger partial charge in [-0.2, -0.15) is 0 Å². The molecule has 2 heterocycles. The zero-order valence-electron chi connectivity index (χ0n) is 19.2. The van der Waals surface area contributed by atoms with Gasteiger partial charge in [0, 0.05) is 30.6 Å². The standard InChI is InChI=1S/C26H33N3O5/c30-21-8-6-19(20-7-9-24(32)29-25(20)21)22(31)16-28-23(26(33)11-13-27-14-12-26)10-15-34-17-18-4-2-1-3-5-18/h1-9,22-23,27-28,30-31,33H,10-17H2,(H,29,32). The van der Waals surface area contributed by atoms with E-state index in [1.807, 2.05) is 30.3 Å². The van der Waals surface area contributed by atoms with Crippen LogP contribution in [-0.2, 0) is 11.3 Å². The summed E-state index contributed by atoms with van der Waals surface area (Å²) < 4.78 is 5.87. The lowest BCUT2D eigenvalue weighted by Crippen LogP contribution is -2.56. The fraction of sp³-hybridized carbons (Fsp3) is 0.423. The van der Waals surface area contributed by atoms with Crippen LogP contribution in [0.25, 0.3) is 10.9 Å². The van der Waals surface area contributed by atoms with E-state index in [2.05, 4.69) is 15.6 Å². The van der Waals surface area contributed by atoms with Crippen molar-refractivity contribution < 1.29 is 20.1 Å². The van der Waals surface area contributed by atoms with Crippen molar-refractivity contribution in [1.29, 1.82) is 0 Å². The summed E-state index contributed by atoms with van der Waals surface area (Å²) in [5.41, 5.74) is 0.764. The van der Waals surface area contributed by atoms with Crippen LogP contribution in [0.3, 0.4) is 0 Å². The third-order valence-electron chi connectivity index (χ3n) is 6.60. The largest absolute Gasteiger partial charge is 0.506 e. The summed E-state index contributed by atoms with van der Waals surface area (Å²) in [5, 5.41) is 39.7. The van der Waals surface area contributed by atoms with Gasteiger partial charge in [0.1, 0.15) is 5.75 Å². The van der Waals surface area contributed by atoms with Crippen LogP contribution >= 0.6 is 0 Å². The van der Waals surface area contributed by atoms with Crippen LogP contribution in [0.15, 0.2) is 59.4 Å². The minimum Gasteiger partial charge on any atom is -0.506 e. The molecule has 0 radical (unpaired) electrons. The third-order valence-corrected chi connectivity index (χ3v) is 6.60. The van der Waals surface area contributed by atoms with E-state index in [4.69, 9.17) is 4.74 Å². The molecule has 1 fully saturated rings. The van der Waals surface area contributed by atoms with Crippen LogP contribution in [0.2, 0.25) is 0 Å². The summed E-state index contributed by atoms with van der Waals surface area (Å²) >= 11 is 0. The van der Waals surface area contributed by atoms with Crippen molar-refractivity contribution in [3.63, 3.8) is 0 Å². The molecule has 1 aliphatic rings. The third kappa shape index (κ3) is 5.84. The molecular formula is C26H33N3O5. The topological polar surface area (TPSA) is 127 Å². The molecule has 0 bridgehead atoms. The molecule has 34 heavy (non-hydrogen) atoms. The van der Waals surface area contributed by atoms with E-state index in [1.54, 1.807) is 12.1 Å². The maximum atomic E-state index is 11.7. The fourth-order valence-corrected chi connectivity index (χ4v) is 4.65. The van der Waals surface area contributed by atoms with Crippen LogP contribution in [0.1, 0.15) is 36.5 Å².